The molecule has 1 aliphatic heterocycles. The molecule has 1 aliphatic rings. The van der Waals surface area contributed by atoms with Crippen LogP contribution in [0.15, 0.2) is 45.9 Å². The van der Waals surface area contributed by atoms with Crippen molar-refractivity contribution in [2.24, 2.45) is 5.41 Å². The predicted octanol–water partition coefficient (Wildman–Crippen LogP) is 2.43. The number of hydrogen-bond donors (Lipinski definition) is 2. The average Bonchev–Trinajstić information content (AvgIpc) is 3.08. The fraction of sp³-hybridized carbons (Fsp3) is 0.438. The molecule has 0 radical (unpaired) electrons. The van der Waals surface area contributed by atoms with Gasteiger partial charge >= 0.3 is 0 Å². The summed E-state index contributed by atoms with van der Waals surface area (Å²) in [5.74, 6) is 0.444. The van der Waals surface area contributed by atoms with Crippen molar-refractivity contribution in [3.63, 3.8) is 0 Å². The van der Waals surface area contributed by atoms with Crippen LogP contribution in [-0.4, -0.2) is 33.2 Å². The minimum Gasteiger partial charge on any atom is -0.356 e. The van der Waals surface area contributed by atoms with Crippen molar-refractivity contribution in [1.82, 2.24) is 15.2 Å². The topological polar surface area (TPSA) is 84.2 Å². The number of sulfonamides is 1. The lowest BCUT2D eigenvalue weighted by atomic mass is 9.81. The summed E-state index contributed by atoms with van der Waals surface area (Å²) < 4.78 is 33.4. The smallest absolute Gasteiger partial charge is 0.241 e. The monoisotopic (exact) mass is 371 g/mol. The Balaban J connectivity index is 0.00000208. The molecule has 1 fully saturated rings. The summed E-state index contributed by atoms with van der Waals surface area (Å²) >= 11 is 0. The molecule has 24 heavy (non-hydrogen) atoms. The van der Waals surface area contributed by atoms with Gasteiger partial charge in [0.15, 0.2) is 5.76 Å². The average molecular weight is 372 g/mol. The quantitative estimate of drug-likeness (QED) is 0.843. The van der Waals surface area contributed by atoms with Gasteiger partial charge in [-0.3, -0.25) is 0 Å². The van der Waals surface area contributed by atoms with E-state index in [1.807, 2.05) is 0 Å². The maximum atomic E-state index is 12.7. The fourth-order valence-electron chi connectivity index (χ4n) is 2.81. The predicted molar refractivity (Wildman–Crippen MR) is 94.6 cm³/mol. The molecule has 2 heterocycles. The van der Waals surface area contributed by atoms with Gasteiger partial charge in [-0.2, -0.15) is 0 Å². The molecule has 3 rings (SSSR count). The van der Waals surface area contributed by atoms with Crippen LogP contribution in [0.1, 0.15) is 19.8 Å². The van der Waals surface area contributed by atoms with Crippen LogP contribution in [-0.2, 0) is 10.0 Å². The van der Waals surface area contributed by atoms with Crippen LogP contribution in [0, 0.1) is 5.41 Å². The molecule has 1 saturated heterocycles. The third-order valence-corrected chi connectivity index (χ3v) is 5.84. The van der Waals surface area contributed by atoms with Crippen LogP contribution in [0.25, 0.3) is 11.3 Å². The van der Waals surface area contributed by atoms with E-state index in [4.69, 9.17) is 4.52 Å². The number of aromatic nitrogens is 1. The van der Waals surface area contributed by atoms with E-state index in [-0.39, 0.29) is 22.7 Å². The molecule has 1 aromatic heterocycles. The summed E-state index contributed by atoms with van der Waals surface area (Å²) in [6, 6.07) is 8.46. The fourth-order valence-corrected chi connectivity index (χ4v) is 4.22. The highest BCUT2D eigenvalue weighted by atomic mass is 35.5. The SMILES string of the molecule is CC1(CNS(=O)(=O)c2ccccc2-c2ccno2)CCNCC1.Cl. The summed E-state index contributed by atoms with van der Waals surface area (Å²) in [5.41, 5.74) is 0.507. The van der Waals surface area contributed by atoms with E-state index in [0.29, 0.717) is 17.9 Å². The second-order valence-corrected chi connectivity index (χ2v) is 7.99. The Morgan fingerprint density at radius 2 is 1.96 bits per heavy atom. The van der Waals surface area contributed by atoms with Crippen molar-refractivity contribution in [3.05, 3.63) is 36.5 Å². The van der Waals surface area contributed by atoms with Crippen LogP contribution >= 0.6 is 12.4 Å². The van der Waals surface area contributed by atoms with E-state index in [9.17, 15) is 8.42 Å². The Morgan fingerprint density at radius 1 is 1.25 bits per heavy atom. The number of nitrogens with zero attached hydrogens (tertiary/aromatic N) is 1. The molecule has 0 spiro atoms. The van der Waals surface area contributed by atoms with E-state index >= 15 is 0 Å². The van der Waals surface area contributed by atoms with Gasteiger partial charge < -0.3 is 9.84 Å². The minimum atomic E-state index is -3.61. The first-order valence-corrected chi connectivity index (χ1v) is 9.19. The van der Waals surface area contributed by atoms with Crippen molar-refractivity contribution in [1.29, 1.82) is 0 Å². The van der Waals surface area contributed by atoms with Crippen LogP contribution < -0.4 is 10.0 Å². The number of rotatable bonds is 5. The largest absolute Gasteiger partial charge is 0.356 e. The first-order chi connectivity index (χ1) is 11.0. The van der Waals surface area contributed by atoms with Crippen molar-refractivity contribution < 1.29 is 12.9 Å². The summed E-state index contributed by atoms with van der Waals surface area (Å²) in [6.07, 6.45) is 3.42. The highest BCUT2D eigenvalue weighted by Crippen LogP contribution is 2.29. The molecule has 1 aromatic carbocycles. The molecule has 0 atom stereocenters. The Bertz CT molecular complexity index is 757. The van der Waals surface area contributed by atoms with E-state index < -0.39 is 10.0 Å². The second-order valence-electron chi connectivity index (χ2n) is 6.26. The van der Waals surface area contributed by atoms with Gasteiger partial charge in [0.25, 0.3) is 0 Å². The maximum Gasteiger partial charge on any atom is 0.241 e. The van der Waals surface area contributed by atoms with E-state index in [1.54, 1.807) is 30.3 Å². The molecule has 2 aromatic rings. The number of piperidine rings is 1. The minimum absolute atomic E-state index is 0. The van der Waals surface area contributed by atoms with Gasteiger partial charge in [0.05, 0.1) is 11.1 Å². The normalized spacial score (nSPS) is 17.2. The molecule has 0 aliphatic carbocycles. The van der Waals surface area contributed by atoms with Gasteiger partial charge in [0.1, 0.15) is 0 Å². The van der Waals surface area contributed by atoms with E-state index in [0.717, 1.165) is 25.9 Å². The molecule has 6 nitrogen and oxygen atoms in total. The lowest BCUT2D eigenvalue weighted by Gasteiger charge is -2.34. The lowest BCUT2D eigenvalue weighted by molar-refractivity contribution is 0.232. The lowest BCUT2D eigenvalue weighted by Crippen LogP contribution is -2.42. The van der Waals surface area contributed by atoms with Gasteiger partial charge in [-0.1, -0.05) is 24.2 Å². The molecule has 8 heteroatoms. The zero-order valence-corrected chi connectivity index (χ0v) is 15.1. The third-order valence-electron chi connectivity index (χ3n) is 4.38. The zero-order valence-electron chi connectivity index (χ0n) is 13.5. The molecule has 2 N–H and O–H groups in total. The molecule has 132 valence electrons. The third kappa shape index (κ3) is 4.16. The van der Waals surface area contributed by atoms with Crippen molar-refractivity contribution in [2.45, 2.75) is 24.7 Å². The van der Waals surface area contributed by atoms with Gasteiger partial charge in [0, 0.05) is 18.2 Å². The van der Waals surface area contributed by atoms with Crippen molar-refractivity contribution in [2.75, 3.05) is 19.6 Å². The second kappa shape index (κ2) is 7.65. The number of benzene rings is 1. The molecular weight excluding hydrogens is 350 g/mol. The summed E-state index contributed by atoms with van der Waals surface area (Å²) in [7, 11) is -3.61. The first-order valence-electron chi connectivity index (χ1n) is 7.71. The van der Waals surface area contributed by atoms with Gasteiger partial charge in [-0.05, 0) is 43.5 Å². The van der Waals surface area contributed by atoms with Crippen LogP contribution in [0.2, 0.25) is 0 Å². The molecule has 0 amide bonds. The van der Waals surface area contributed by atoms with Gasteiger partial charge in [-0.15, -0.1) is 12.4 Å². The Kier molecular flexibility index (Phi) is 6.03. The summed E-state index contributed by atoms with van der Waals surface area (Å²) in [4.78, 5) is 0.217. The number of halogens is 1. The highest BCUT2D eigenvalue weighted by Gasteiger charge is 2.29. The molecule has 0 saturated carbocycles. The standard InChI is InChI=1S/C16H21N3O3S.ClH/c1-16(7-10-17-11-8-16)12-19-23(20,21)15-5-3-2-4-13(15)14-6-9-18-22-14;/h2-6,9,17,19H,7-8,10-12H2,1H3;1H. The van der Waals surface area contributed by atoms with Crippen LogP contribution in [0.3, 0.4) is 0 Å². The Hall–Kier alpha value is -1.41. The summed E-state index contributed by atoms with van der Waals surface area (Å²) in [5, 5.41) is 6.95. The summed E-state index contributed by atoms with van der Waals surface area (Å²) in [6.45, 7) is 4.40. The van der Waals surface area contributed by atoms with Gasteiger partial charge in [0.2, 0.25) is 10.0 Å². The van der Waals surface area contributed by atoms with Crippen LogP contribution in [0.5, 0.6) is 0 Å². The molecular formula is C16H22ClN3O3S. The van der Waals surface area contributed by atoms with Gasteiger partial charge in [-0.25, -0.2) is 13.1 Å². The van der Waals surface area contributed by atoms with E-state index in [2.05, 4.69) is 22.1 Å². The number of hydrogen-bond acceptors (Lipinski definition) is 5. The molecule has 0 bridgehead atoms. The van der Waals surface area contributed by atoms with Crippen LogP contribution in [0.4, 0.5) is 0 Å². The molecule has 0 unspecified atom stereocenters. The van der Waals surface area contributed by atoms with Crippen molar-refractivity contribution in [3.8, 4) is 11.3 Å². The van der Waals surface area contributed by atoms with Crippen molar-refractivity contribution >= 4 is 22.4 Å². The maximum absolute atomic E-state index is 12.7. The zero-order chi connectivity index (χ0) is 16.3. The Labute approximate surface area is 148 Å². The first kappa shape index (κ1) is 18.9. The highest BCUT2D eigenvalue weighted by molar-refractivity contribution is 7.89. The Morgan fingerprint density at radius 3 is 2.62 bits per heavy atom. The van der Waals surface area contributed by atoms with E-state index in [1.165, 1.54) is 6.20 Å². The number of nitrogens with one attached hydrogen (secondary N) is 2.